The molecule has 0 saturated carbocycles. The fourth-order valence-electron chi connectivity index (χ4n) is 9.57. The number of hydrogen-bond donors (Lipinski definition) is 10. The summed E-state index contributed by atoms with van der Waals surface area (Å²) in [6.07, 6.45) is 4.62. The number of carbonyl (C=O) groups excluding carboxylic acids is 8. The molecule has 2 fully saturated rings. The van der Waals surface area contributed by atoms with E-state index in [4.69, 9.17) is 29.3 Å². The lowest BCUT2D eigenvalue weighted by Crippen LogP contribution is -2.57. The number of aldehydes is 1. The molecule has 2 aliphatic carbocycles. The maximum Gasteiger partial charge on any atom is 0.252 e. The Hall–Kier alpha value is -7.87. The van der Waals surface area contributed by atoms with Gasteiger partial charge in [0, 0.05) is 94.0 Å². The Labute approximate surface area is 484 Å². The van der Waals surface area contributed by atoms with Crippen LogP contribution in [0.2, 0.25) is 0 Å². The molecule has 26 heteroatoms. The van der Waals surface area contributed by atoms with Gasteiger partial charge in [-0.3, -0.25) is 38.5 Å². The van der Waals surface area contributed by atoms with Crippen molar-refractivity contribution >= 4 is 64.8 Å². The van der Waals surface area contributed by atoms with Gasteiger partial charge in [-0.1, -0.05) is 24.3 Å². The fraction of sp³-hybridized carbons (Fsp3) is 0.439. The molecule has 8 rings (SSSR count). The number of pyridine rings is 1. The normalized spacial score (nSPS) is 18.6. The number of carbonyl (C=O) groups is 8. The minimum absolute atomic E-state index is 0.0197. The van der Waals surface area contributed by atoms with Gasteiger partial charge >= 0.3 is 0 Å². The zero-order chi connectivity index (χ0) is 60.8. The van der Waals surface area contributed by atoms with Gasteiger partial charge in [-0.15, -0.1) is 11.8 Å². The lowest BCUT2D eigenvalue weighted by atomic mass is 9.75. The third-order valence-corrected chi connectivity index (χ3v) is 14.5. The minimum atomic E-state index is -0.592. The predicted molar refractivity (Wildman–Crippen MR) is 302 cm³/mol. The van der Waals surface area contributed by atoms with Gasteiger partial charge in [-0.25, -0.2) is 4.98 Å². The van der Waals surface area contributed by atoms with Crippen molar-refractivity contribution in [3.8, 4) is 23.3 Å². The molecule has 4 aromatic rings. The standard InChI is InChI=1S/C30H29N3O7.C15H17N5O4S.C11H21NO4.CH4O/c1-31-14-22(34)33-17-9-6-15(7-10-17)13-32-30(39)16-8-11-18-20(12-16)28(37)24-25(26(18)35)29(38)23-19(27(24)36)4-3-5-21(23)40-2;1-25-15-10(7-16)6-11(8-20-15)14(24)18-3-2-12(22)19-9-13(23)17-4-5-21;1-8-11(13)9(3-5-15-8)12-4-6-16-10(7-12)14-2;1-2/h3-7,9-10,16,31,35,37H,8,11-14H2,1-2H3,(H,32,39)(H,33,34);5-6,8H,2-4,9H2,1H3,(H,17,23)(H,18,24)(H,19,22);8-11,13H,3-7H2,1-2H3;2H,1H3. The Morgan fingerprint density at radius 1 is 0.892 bits per heavy atom. The number of morpholine rings is 1. The number of methoxy groups -OCH3 is 2. The van der Waals surface area contributed by atoms with Gasteiger partial charge < -0.3 is 76.1 Å². The van der Waals surface area contributed by atoms with Crippen molar-refractivity contribution in [2.45, 2.75) is 75.1 Å². The maximum absolute atomic E-state index is 13.4. The lowest BCUT2D eigenvalue weighted by Gasteiger charge is -2.43. The summed E-state index contributed by atoms with van der Waals surface area (Å²) in [5, 5.41) is 64.6. The first-order valence-electron chi connectivity index (χ1n) is 26.5. The minimum Gasteiger partial charge on any atom is -0.507 e. The van der Waals surface area contributed by atoms with Gasteiger partial charge in [0.05, 0.1) is 73.4 Å². The molecule has 3 aromatic carbocycles. The van der Waals surface area contributed by atoms with E-state index < -0.39 is 41.3 Å². The van der Waals surface area contributed by atoms with Crippen LogP contribution >= 0.6 is 11.8 Å². The number of hydrogen-bond acceptors (Lipinski definition) is 21. The molecular formula is C57H71N9O16S. The van der Waals surface area contributed by atoms with E-state index in [0.717, 1.165) is 38.8 Å². The van der Waals surface area contributed by atoms with Crippen molar-refractivity contribution in [2.24, 2.45) is 5.92 Å². The van der Waals surface area contributed by atoms with Crippen LogP contribution < -0.4 is 36.6 Å². The van der Waals surface area contributed by atoms with Crippen LogP contribution in [0.25, 0.3) is 0 Å². The quantitative estimate of drug-likeness (QED) is 0.0334. The van der Waals surface area contributed by atoms with Crippen molar-refractivity contribution in [3.05, 3.63) is 105 Å². The van der Waals surface area contributed by atoms with E-state index in [1.54, 1.807) is 56.8 Å². The van der Waals surface area contributed by atoms with Gasteiger partial charge in [-0.05, 0) is 75.7 Å². The summed E-state index contributed by atoms with van der Waals surface area (Å²) in [6, 6.07) is 15.3. The number of thioether (sulfide) groups is 1. The van der Waals surface area contributed by atoms with E-state index in [9.17, 15) is 53.7 Å². The number of likely N-dealkylation sites (N-methyl/N-ethyl adjacent to an activating group) is 1. The zero-order valence-electron chi connectivity index (χ0n) is 47.0. The third kappa shape index (κ3) is 17.3. The van der Waals surface area contributed by atoms with Crippen LogP contribution in [-0.2, 0) is 57.6 Å². The molecule has 0 spiro atoms. The number of fused-ring (bicyclic) bond motifs is 3. The number of aromatic nitrogens is 1. The van der Waals surface area contributed by atoms with E-state index in [1.807, 2.05) is 13.0 Å². The Balaban J connectivity index is 0.000000249. The largest absolute Gasteiger partial charge is 0.507 e. The summed E-state index contributed by atoms with van der Waals surface area (Å²) < 4.78 is 21.3. The summed E-state index contributed by atoms with van der Waals surface area (Å²) in [7, 11) is 5.72. The average Bonchev–Trinajstić information content (AvgIpc) is 3.25. The highest BCUT2D eigenvalue weighted by Crippen LogP contribution is 2.47. The molecule has 5 amide bonds. The molecule has 5 unspecified atom stereocenters. The average molecular weight is 1170 g/mol. The molecule has 83 heavy (non-hydrogen) atoms. The SMILES string of the molecule is CNCC(=O)Nc1ccc(CNC(=O)C2CCc3c(O)c4c(c(O)c3C2)C(=O)c2cccc(OC)c2C4=O)cc1.CO.COC1CN(C2CCOC(C)C2O)CCO1.CSc1ncc(C(=O)NCCC(=O)NCC(=O)NCC=O)cc1C#N. The van der Waals surface area contributed by atoms with Crippen molar-refractivity contribution in [1.82, 2.24) is 36.5 Å². The van der Waals surface area contributed by atoms with Crippen LogP contribution in [0, 0.1) is 17.2 Å². The second kappa shape index (κ2) is 32.7. The summed E-state index contributed by atoms with van der Waals surface area (Å²) in [6.45, 7) is 5.06. The van der Waals surface area contributed by atoms with Crippen molar-refractivity contribution in [3.63, 3.8) is 0 Å². The molecule has 4 aliphatic rings. The Kier molecular flexibility index (Phi) is 26.0. The zero-order valence-corrected chi connectivity index (χ0v) is 47.8. The number of rotatable bonds is 18. The molecule has 0 bridgehead atoms. The molecular weight excluding hydrogens is 1100 g/mol. The number of amides is 5. The third-order valence-electron chi connectivity index (χ3n) is 13.8. The van der Waals surface area contributed by atoms with E-state index >= 15 is 0 Å². The number of ketones is 2. The highest BCUT2D eigenvalue weighted by molar-refractivity contribution is 7.98. The second-order valence-electron chi connectivity index (χ2n) is 19.0. The van der Waals surface area contributed by atoms with Crippen LogP contribution in [0.3, 0.4) is 0 Å². The van der Waals surface area contributed by atoms with E-state index in [0.29, 0.717) is 46.7 Å². The monoisotopic (exact) mass is 1170 g/mol. The number of anilines is 1. The smallest absolute Gasteiger partial charge is 0.252 e. The molecule has 446 valence electrons. The summed E-state index contributed by atoms with van der Waals surface area (Å²) in [4.78, 5) is 103. The van der Waals surface area contributed by atoms with Crippen molar-refractivity contribution in [2.75, 3.05) is 92.4 Å². The van der Waals surface area contributed by atoms with Crippen molar-refractivity contribution < 1.29 is 77.7 Å². The topological polar surface area (TPSA) is 366 Å². The number of phenols is 2. The van der Waals surface area contributed by atoms with Crippen molar-refractivity contribution in [1.29, 1.82) is 5.26 Å². The number of aromatic hydroxyl groups is 2. The number of nitrogens with one attached hydrogen (secondary N) is 6. The van der Waals surface area contributed by atoms with Gasteiger partial charge in [0.25, 0.3) is 5.91 Å². The highest BCUT2D eigenvalue weighted by atomic mass is 32.2. The first kappa shape index (κ1) is 65.9. The summed E-state index contributed by atoms with van der Waals surface area (Å²) in [5.74, 6) is -3.92. The number of ether oxygens (including phenoxy) is 4. The number of nitrogens with zero attached hydrogens (tertiary/aromatic N) is 3. The van der Waals surface area contributed by atoms with Crippen LogP contribution in [-0.4, -0.2) is 189 Å². The van der Waals surface area contributed by atoms with E-state index in [2.05, 4.69) is 41.8 Å². The number of benzene rings is 3. The van der Waals surface area contributed by atoms with E-state index in [-0.39, 0.29) is 127 Å². The van der Waals surface area contributed by atoms with Gasteiger partial charge in [0.2, 0.25) is 29.4 Å². The second-order valence-corrected chi connectivity index (χ2v) is 19.8. The van der Waals surface area contributed by atoms with Gasteiger partial charge in [0.1, 0.15) is 34.6 Å². The first-order chi connectivity index (χ1) is 40.0. The number of aliphatic hydroxyl groups is 2. The van der Waals surface area contributed by atoms with E-state index in [1.165, 1.54) is 37.2 Å². The highest BCUT2D eigenvalue weighted by Gasteiger charge is 2.41. The van der Waals surface area contributed by atoms with Crippen LogP contribution in [0.5, 0.6) is 17.2 Å². The van der Waals surface area contributed by atoms with Gasteiger partial charge in [-0.2, -0.15) is 5.26 Å². The Bertz CT molecular complexity index is 3010. The summed E-state index contributed by atoms with van der Waals surface area (Å²) >= 11 is 1.30. The molecule has 25 nitrogen and oxygen atoms in total. The first-order valence-corrected chi connectivity index (χ1v) is 27.7. The predicted octanol–water partition coefficient (Wildman–Crippen LogP) is 1.13. The maximum atomic E-state index is 13.4. The summed E-state index contributed by atoms with van der Waals surface area (Å²) in [5.41, 5.74) is 2.35. The molecule has 10 N–H and O–H groups in total. The molecule has 1 aromatic heterocycles. The molecule has 5 atom stereocenters. The Morgan fingerprint density at radius 2 is 1.61 bits per heavy atom. The molecule has 0 radical (unpaired) electrons. The molecule has 2 saturated heterocycles. The Morgan fingerprint density at radius 3 is 2.29 bits per heavy atom. The number of nitriles is 1. The van der Waals surface area contributed by atoms with Crippen LogP contribution in [0.15, 0.2) is 59.8 Å². The molecule has 2 aliphatic heterocycles. The lowest BCUT2D eigenvalue weighted by molar-refractivity contribution is -0.190. The number of aliphatic hydroxyl groups excluding tert-OH is 2. The van der Waals surface area contributed by atoms with Crippen LogP contribution in [0.4, 0.5) is 5.69 Å². The fourth-order valence-corrected chi connectivity index (χ4v) is 10.1. The number of phenolic OH excluding ortho intramolecular Hbond substituents is 2. The van der Waals surface area contributed by atoms with Gasteiger partial charge in [0.15, 0.2) is 12.1 Å². The van der Waals surface area contributed by atoms with Crippen LogP contribution in [0.1, 0.15) is 90.6 Å². The molecule has 3 heterocycles.